The number of hydrogen-bond donors (Lipinski definition) is 3. The van der Waals surface area contributed by atoms with Gasteiger partial charge in [0.1, 0.15) is 0 Å². The smallest absolute Gasteiger partial charge is 0.335 e. The van der Waals surface area contributed by atoms with Gasteiger partial charge in [-0.1, -0.05) is 0 Å². The van der Waals surface area contributed by atoms with Gasteiger partial charge in [-0.25, -0.2) is 4.79 Å². The number of hydrogen-bond acceptors (Lipinski definition) is 4. The maximum absolute atomic E-state index is 11.8. The predicted molar refractivity (Wildman–Crippen MR) is 67.5 cm³/mol. The van der Waals surface area contributed by atoms with Crippen LogP contribution in [0.15, 0.2) is 18.2 Å². The van der Waals surface area contributed by atoms with Crippen molar-refractivity contribution in [3.05, 3.63) is 23.8 Å². The van der Waals surface area contributed by atoms with Crippen molar-refractivity contribution in [2.75, 3.05) is 17.2 Å². The monoisotopic (exact) mass is 263 g/mol. The van der Waals surface area contributed by atoms with Gasteiger partial charge in [-0.2, -0.15) is 0 Å². The standard InChI is InChI=1S/C12H13N3O4/c13-8-3-6(12(18)19)1-2-9(8)15-5-7(11(14)17)4-10(15)16/h1-3,7H,4-5,13H2,(H2,14,17)(H,18,19). The largest absolute Gasteiger partial charge is 0.478 e. The normalized spacial score (nSPS) is 18.6. The quantitative estimate of drug-likeness (QED) is 0.651. The van der Waals surface area contributed by atoms with E-state index in [1.165, 1.54) is 23.1 Å². The summed E-state index contributed by atoms with van der Waals surface area (Å²) < 4.78 is 0. The Morgan fingerprint density at radius 3 is 2.53 bits per heavy atom. The van der Waals surface area contributed by atoms with Gasteiger partial charge in [-0.3, -0.25) is 9.59 Å². The van der Waals surface area contributed by atoms with Crippen LogP contribution in [-0.2, 0) is 9.59 Å². The molecule has 0 saturated carbocycles. The third-order valence-corrected chi connectivity index (χ3v) is 3.09. The molecule has 5 N–H and O–H groups in total. The molecule has 100 valence electrons. The number of aromatic carboxylic acids is 1. The highest BCUT2D eigenvalue weighted by molar-refractivity contribution is 6.02. The number of amides is 2. The number of carbonyl (C=O) groups excluding carboxylic acids is 2. The Morgan fingerprint density at radius 1 is 1.37 bits per heavy atom. The molecule has 1 atom stereocenters. The molecular formula is C12H13N3O4. The van der Waals surface area contributed by atoms with Gasteiger partial charge in [0, 0.05) is 13.0 Å². The van der Waals surface area contributed by atoms with E-state index in [0.29, 0.717) is 5.69 Å². The summed E-state index contributed by atoms with van der Waals surface area (Å²) in [5.74, 6) is -2.41. The number of benzene rings is 1. The molecule has 1 aliphatic rings. The van der Waals surface area contributed by atoms with Crippen molar-refractivity contribution in [1.82, 2.24) is 0 Å². The maximum atomic E-state index is 11.8. The van der Waals surface area contributed by atoms with Crippen LogP contribution in [0.4, 0.5) is 11.4 Å². The van der Waals surface area contributed by atoms with Gasteiger partial charge in [0.15, 0.2) is 0 Å². The molecule has 1 fully saturated rings. The Morgan fingerprint density at radius 2 is 2.05 bits per heavy atom. The van der Waals surface area contributed by atoms with E-state index in [1.54, 1.807) is 0 Å². The number of nitrogen functional groups attached to an aromatic ring is 1. The van der Waals surface area contributed by atoms with Crippen molar-refractivity contribution in [3.8, 4) is 0 Å². The van der Waals surface area contributed by atoms with Gasteiger partial charge in [0.2, 0.25) is 11.8 Å². The SMILES string of the molecule is NC(=O)C1CC(=O)N(c2ccc(C(=O)O)cc2N)C1. The van der Waals surface area contributed by atoms with E-state index in [1.807, 2.05) is 0 Å². The summed E-state index contributed by atoms with van der Waals surface area (Å²) in [5.41, 5.74) is 11.5. The summed E-state index contributed by atoms with van der Waals surface area (Å²) in [5, 5.41) is 8.84. The molecule has 2 rings (SSSR count). The number of rotatable bonds is 3. The number of carboxylic acids is 1. The number of primary amides is 1. The first-order chi connectivity index (χ1) is 8.90. The molecule has 2 amide bonds. The first kappa shape index (κ1) is 12.9. The molecule has 1 saturated heterocycles. The Balaban J connectivity index is 2.30. The minimum atomic E-state index is -1.10. The van der Waals surface area contributed by atoms with Crippen molar-refractivity contribution in [1.29, 1.82) is 0 Å². The van der Waals surface area contributed by atoms with Crippen LogP contribution in [-0.4, -0.2) is 29.4 Å². The second kappa shape index (κ2) is 4.60. The number of nitrogens with two attached hydrogens (primary N) is 2. The van der Waals surface area contributed by atoms with Crippen LogP contribution in [0.25, 0.3) is 0 Å². The van der Waals surface area contributed by atoms with Crippen molar-refractivity contribution < 1.29 is 19.5 Å². The third-order valence-electron chi connectivity index (χ3n) is 3.09. The first-order valence-corrected chi connectivity index (χ1v) is 5.62. The number of nitrogens with zero attached hydrogens (tertiary/aromatic N) is 1. The molecule has 0 bridgehead atoms. The lowest BCUT2D eigenvalue weighted by Gasteiger charge is -2.18. The molecule has 7 heteroatoms. The van der Waals surface area contributed by atoms with Crippen LogP contribution in [0, 0.1) is 5.92 Å². The number of anilines is 2. The highest BCUT2D eigenvalue weighted by Gasteiger charge is 2.34. The van der Waals surface area contributed by atoms with Crippen molar-refractivity contribution >= 4 is 29.2 Å². The fourth-order valence-electron chi connectivity index (χ4n) is 2.06. The average molecular weight is 263 g/mol. The van der Waals surface area contributed by atoms with E-state index in [0.717, 1.165) is 0 Å². The lowest BCUT2D eigenvalue weighted by atomic mass is 10.1. The Labute approximate surface area is 108 Å². The van der Waals surface area contributed by atoms with E-state index in [9.17, 15) is 14.4 Å². The lowest BCUT2D eigenvalue weighted by Crippen LogP contribution is -2.29. The van der Waals surface area contributed by atoms with Crippen LogP contribution < -0.4 is 16.4 Å². The van der Waals surface area contributed by atoms with Crippen LogP contribution >= 0.6 is 0 Å². The van der Waals surface area contributed by atoms with E-state index in [2.05, 4.69) is 0 Å². The van der Waals surface area contributed by atoms with Gasteiger partial charge in [0.25, 0.3) is 0 Å². The highest BCUT2D eigenvalue weighted by Crippen LogP contribution is 2.30. The average Bonchev–Trinajstić information content (AvgIpc) is 2.71. The zero-order chi connectivity index (χ0) is 14.2. The van der Waals surface area contributed by atoms with Crippen LogP contribution in [0.3, 0.4) is 0 Å². The van der Waals surface area contributed by atoms with Crippen LogP contribution in [0.2, 0.25) is 0 Å². The summed E-state index contributed by atoms with van der Waals surface area (Å²) >= 11 is 0. The molecule has 0 aromatic heterocycles. The van der Waals surface area contributed by atoms with Gasteiger partial charge in [-0.15, -0.1) is 0 Å². The van der Waals surface area contributed by atoms with E-state index in [4.69, 9.17) is 16.6 Å². The summed E-state index contributed by atoms with van der Waals surface area (Å²) in [6, 6.07) is 4.10. The minimum Gasteiger partial charge on any atom is -0.478 e. The number of carboxylic acid groups (broad SMARTS) is 1. The fraction of sp³-hybridized carbons (Fsp3) is 0.250. The summed E-state index contributed by atoms with van der Waals surface area (Å²) in [4.78, 5) is 35.0. The van der Waals surface area contributed by atoms with Gasteiger partial charge in [-0.05, 0) is 18.2 Å². The molecule has 19 heavy (non-hydrogen) atoms. The van der Waals surface area contributed by atoms with E-state index in [-0.39, 0.29) is 30.1 Å². The zero-order valence-corrected chi connectivity index (χ0v) is 10.00. The van der Waals surface area contributed by atoms with Gasteiger partial charge in [0.05, 0.1) is 22.9 Å². The summed E-state index contributed by atoms with van der Waals surface area (Å²) in [7, 11) is 0. The van der Waals surface area contributed by atoms with E-state index < -0.39 is 17.8 Å². The first-order valence-electron chi connectivity index (χ1n) is 5.62. The van der Waals surface area contributed by atoms with Crippen molar-refractivity contribution in [2.24, 2.45) is 11.7 Å². The summed E-state index contributed by atoms with van der Waals surface area (Å²) in [6.07, 6.45) is 0.0510. The molecule has 1 aliphatic heterocycles. The number of carbonyl (C=O) groups is 3. The zero-order valence-electron chi connectivity index (χ0n) is 10.00. The van der Waals surface area contributed by atoms with Crippen LogP contribution in [0.5, 0.6) is 0 Å². The minimum absolute atomic E-state index is 0.0411. The topological polar surface area (TPSA) is 127 Å². The molecule has 7 nitrogen and oxygen atoms in total. The molecule has 1 aromatic rings. The van der Waals surface area contributed by atoms with E-state index >= 15 is 0 Å². The van der Waals surface area contributed by atoms with Crippen molar-refractivity contribution in [2.45, 2.75) is 6.42 Å². The molecule has 0 spiro atoms. The summed E-state index contributed by atoms with van der Waals surface area (Å²) in [6.45, 7) is 0.171. The third kappa shape index (κ3) is 2.35. The lowest BCUT2D eigenvalue weighted by molar-refractivity contribution is -0.123. The van der Waals surface area contributed by atoms with Crippen molar-refractivity contribution in [3.63, 3.8) is 0 Å². The molecular weight excluding hydrogens is 250 g/mol. The second-order valence-corrected chi connectivity index (χ2v) is 4.39. The predicted octanol–water partition coefficient (Wildman–Crippen LogP) is -0.195. The molecule has 1 unspecified atom stereocenters. The Hall–Kier alpha value is -2.57. The highest BCUT2D eigenvalue weighted by atomic mass is 16.4. The Bertz CT molecular complexity index is 570. The molecule has 0 aliphatic carbocycles. The molecule has 1 aromatic carbocycles. The second-order valence-electron chi connectivity index (χ2n) is 4.39. The molecule has 1 heterocycles. The van der Waals surface area contributed by atoms with Gasteiger partial charge >= 0.3 is 5.97 Å². The maximum Gasteiger partial charge on any atom is 0.335 e. The van der Waals surface area contributed by atoms with Crippen LogP contribution in [0.1, 0.15) is 16.8 Å². The fourth-order valence-corrected chi connectivity index (χ4v) is 2.06. The molecule has 0 radical (unpaired) electrons. The Kier molecular flexibility index (Phi) is 3.12. The van der Waals surface area contributed by atoms with Gasteiger partial charge < -0.3 is 21.5 Å².